The van der Waals surface area contributed by atoms with Crippen molar-refractivity contribution in [3.63, 3.8) is 0 Å². The van der Waals surface area contributed by atoms with Gasteiger partial charge in [-0.3, -0.25) is 19.2 Å². The van der Waals surface area contributed by atoms with E-state index in [1.165, 1.54) is 41.5 Å². The van der Waals surface area contributed by atoms with Gasteiger partial charge in [-0.1, -0.05) is 32.1 Å². The average molecular weight is 1730 g/mol. The Kier molecular flexibility index (Phi) is 47.9. The molecule has 4 saturated carbocycles. The summed E-state index contributed by atoms with van der Waals surface area (Å²) in [6.07, 6.45) is -9.19. The Labute approximate surface area is 645 Å². The molecule has 0 radical (unpaired) electrons. The Morgan fingerprint density at radius 3 is 0.685 bits per heavy atom. The Morgan fingerprint density at radius 2 is 0.514 bits per heavy atom. The molecule has 111 heavy (non-hydrogen) atoms. The van der Waals surface area contributed by atoms with Gasteiger partial charge in [-0.15, -0.1) is 0 Å². The Hall–Kier alpha value is -3.64. The number of hydrogen-bond acceptors (Lipinski definition) is 28. The second kappa shape index (κ2) is 45.9. The zero-order valence-corrected chi connectivity index (χ0v) is 70.0. The third-order valence-electron chi connectivity index (χ3n) is 14.3. The van der Waals surface area contributed by atoms with Gasteiger partial charge in [-0.2, -0.15) is 35.1 Å². The molecule has 0 aromatic rings. The maximum absolute atomic E-state index is 13.3. The highest BCUT2D eigenvalue weighted by molar-refractivity contribution is 7.87. The van der Waals surface area contributed by atoms with Gasteiger partial charge in [0.1, 0.15) is 0 Å². The SMILES string of the molecule is CC(C)(C)O.CC(C)(C)O.CC(C)(C)O.CC(C)(C)O.CC(C)(C)O.CC(C)(O)C1C(C(=O)OCCC(F)C(F)(F)S(=O)(=O)[O-])C1C(C)(C)O.CC(C)(O)C1CCC1C(=O)OCCC(F)C(F)(F)S(=O)(=O)[O-].O=C(OCCC(F)C(F)(F)S(=O)(=O)[O-])C1CCCC1.O=C(OCCC(F)C(F)(F)S(=O)(=O)[O-])C1CCCCC1. The van der Waals surface area contributed by atoms with Crippen molar-refractivity contribution in [1.82, 2.24) is 0 Å². The van der Waals surface area contributed by atoms with Crippen LogP contribution in [-0.4, -0.2) is 234 Å². The van der Waals surface area contributed by atoms with E-state index in [1.54, 1.807) is 104 Å². The fourth-order valence-electron chi connectivity index (χ4n) is 9.28. The lowest BCUT2D eigenvalue weighted by Gasteiger charge is -2.42. The summed E-state index contributed by atoms with van der Waals surface area (Å²) in [5, 5.41) is 52.3. The summed E-state index contributed by atoms with van der Waals surface area (Å²) in [5.74, 6) is -6.67. The quantitative estimate of drug-likeness (QED) is 0.0164. The normalized spacial score (nSPS) is 20.3. The van der Waals surface area contributed by atoms with Crippen molar-refractivity contribution >= 4 is 64.3 Å². The molecule has 8 N–H and O–H groups in total. The van der Waals surface area contributed by atoms with Gasteiger partial charge in [0.15, 0.2) is 65.2 Å². The summed E-state index contributed by atoms with van der Waals surface area (Å²) >= 11 is 0. The van der Waals surface area contributed by atoms with E-state index >= 15 is 0 Å². The van der Waals surface area contributed by atoms with Crippen molar-refractivity contribution in [2.75, 3.05) is 26.4 Å². The van der Waals surface area contributed by atoms with Crippen molar-refractivity contribution < 1.29 is 184 Å². The molecule has 4 rings (SSSR count). The minimum Gasteiger partial charge on any atom is -0.743 e. The number of halogens is 12. The predicted molar refractivity (Wildman–Crippen MR) is 374 cm³/mol. The number of carbonyl (C=O) groups excluding carboxylic acids is 4. The van der Waals surface area contributed by atoms with E-state index in [1.807, 2.05) is 0 Å². The van der Waals surface area contributed by atoms with Gasteiger partial charge >= 0.3 is 44.9 Å². The van der Waals surface area contributed by atoms with Crippen molar-refractivity contribution in [3.8, 4) is 0 Å². The molecule has 4 fully saturated rings. The zero-order chi connectivity index (χ0) is 89.9. The van der Waals surface area contributed by atoms with Crippen LogP contribution in [-0.2, 0) is 78.6 Å². The molecular weight excluding hydrogens is 1610 g/mol. The molecule has 0 heterocycles. The molecule has 8 unspecified atom stereocenters. The second-order valence-corrected chi connectivity index (χ2v) is 39.1. The molecule has 668 valence electrons. The molecule has 8 atom stereocenters. The lowest BCUT2D eigenvalue weighted by Crippen LogP contribution is -2.47. The van der Waals surface area contributed by atoms with Crippen LogP contribution < -0.4 is 0 Å². The van der Waals surface area contributed by atoms with Crippen LogP contribution in [0.1, 0.15) is 242 Å². The van der Waals surface area contributed by atoms with E-state index in [0.717, 1.165) is 32.1 Å². The minimum absolute atomic E-state index is 0.304. The van der Waals surface area contributed by atoms with Crippen LogP contribution in [0.3, 0.4) is 0 Å². The molecule has 4 aliphatic rings. The first kappa shape index (κ1) is 116. The molecule has 0 aliphatic heterocycles. The molecule has 0 spiro atoms. The Morgan fingerprint density at radius 1 is 0.324 bits per heavy atom. The minimum atomic E-state index is -6.18. The topological polar surface area (TPSA) is 496 Å². The molecule has 0 saturated heterocycles. The predicted octanol–water partition coefficient (Wildman–Crippen LogP) is 9.44. The first-order valence-electron chi connectivity index (χ1n) is 34.9. The van der Waals surface area contributed by atoms with Crippen molar-refractivity contribution in [3.05, 3.63) is 0 Å². The summed E-state index contributed by atoms with van der Waals surface area (Å²) < 4.78 is 296. The van der Waals surface area contributed by atoms with Crippen LogP contribution in [0.25, 0.3) is 0 Å². The number of ether oxygens (including phenoxy) is 4. The Bertz CT molecular complexity index is 3100. The Balaban J connectivity index is -0.000000407. The van der Waals surface area contributed by atoms with Gasteiger partial charge in [0.2, 0.25) is 0 Å². The van der Waals surface area contributed by atoms with E-state index in [0.29, 0.717) is 38.5 Å². The molecular formula is C67H120F12O28S4-4. The highest BCUT2D eigenvalue weighted by Crippen LogP contribution is 2.58. The number of carbonyl (C=O) groups is 4. The van der Waals surface area contributed by atoms with E-state index in [-0.39, 0.29) is 17.8 Å². The first-order valence-corrected chi connectivity index (χ1v) is 40.5. The smallest absolute Gasteiger partial charge is 0.364 e. The first-order chi connectivity index (χ1) is 48.5. The van der Waals surface area contributed by atoms with Gasteiger partial charge in [0.25, 0.3) is 0 Å². The number of esters is 4. The van der Waals surface area contributed by atoms with Gasteiger partial charge in [-0.05, 0) is 184 Å². The van der Waals surface area contributed by atoms with Gasteiger partial charge in [-0.25, -0.2) is 51.2 Å². The van der Waals surface area contributed by atoms with E-state index in [4.69, 9.17) is 25.5 Å². The third-order valence-corrected chi connectivity index (χ3v) is 18.0. The van der Waals surface area contributed by atoms with E-state index in [2.05, 4.69) is 18.9 Å². The molecule has 0 aromatic carbocycles. The molecule has 44 heteroatoms. The molecule has 28 nitrogen and oxygen atoms in total. The zero-order valence-electron chi connectivity index (χ0n) is 66.7. The summed E-state index contributed by atoms with van der Waals surface area (Å²) in [4.78, 5) is 46.6. The molecule has 0 aromatic heterocycles. The van der Waals surface area contributed by atoms with Gasteiger partial charge in [0.05, 0.1) is 94.9 Å². The number of rotatable bonds is 27. The fraction of sp³-hybridized carbons (Fsp3) is 0.940. The van der Waals surface area contributed by atoms with Crippen molar-refractivity contribution in [2.45, 2.75) is 332 Å². The lowest BCUT2D eigenvalue weighted by atomic mass is 9.66. The number of aliphatic hydroxyl groups is 8. The largest absolute Gasteiger partial charge is 0.743 e. The highest BCUT2D eigenvalue weighted by Gasteiger charge is 2.66. The molecule has 0 bridgehead atoms. The van der Waals surface area contributed by atoms with Crippen LogP contribution in [0.5, 0.6) is 0 Å². The maximum Gasteiger partial charge on any atom is 0.364 e. The number of alkyl halides is 12. The van der Waals surface area contributed by atoms with E-state index in [9.17, 15) is 139 Å². The van der Waals surface area contributed by atoms with Gasteiger partial charge in [0, 0.05) is 43.4 Å². The fourth-order valence-corrected chi connectivity index (χ4v) is 11.0. The summed E-state index contributed by atoms with van der Waals surface area (Å²) in [6, 6.07) is 0. The summed E-state index contributed by atoms with van der Waals surface area (Å²) in [7, 11) is -24.4. The lowest BCUT2D eigenvalue weighted by molar-refractivity contribution is -0.163. The average Bonchev–Trinajstić information content (AvgIpc) is 1.55. The second-order valence-electron chi connectivity index (χ2n) is 33.3. The van der Waals surface area contributed by atoms with Crippen molar-refractivity contribution in [1.29, 1.82) is 0 Å². The van der Waals surface area contributed by atoms with Crippen LogP contribution in [0.2, 0.25) is 0 Å². The molecule has 4 aliphatic carbocycles. The van der Waals surface area contributed by atoms with Crippen LogP contribution >= 0.6 is 0 Å². The van der Waals surface area contributed by atoms with Crippen LogP contribution in [0.4, 0.5) is 52.7 Å². The number of hydrogen-bond donors (Lipinski definition) is 8. The third kappa shape index (κ3) is 52.6. The summed E-state index contributed by atoms with van der Waals surface area (Å²) in [5.41, 5.74) is -6.24. The summed E-state index contributed by atoms with van der Waals surface area (Å²) in [6.45, 7) is 31.9. The van der Waals surface area contributed by atoms with Crippen LogP contribution in [0, 0.1) is 41.4 Å². The maximum atomic E-state index is 13.3. The monoisotopic (exact) mass is 1730 g/mol. The van der Waals surface area contributed by atoms with E-state index < -0.39 is 231 Å². The van der Waals surface area contributed by atoms with Crippen LogP contribution in [0.15, 0.2) is 0 Å². The molecule has 0 amide bonds. The standard InChI is InChI=1S/C14H23F3O7S.C12H19F3O6S.C11H17F3O5S.C10H15F3O5S.5C4H10O/c1-12(2,19)9-8(10(9)13(3,4)20)11(18)24-6-5-7(15)14(16,17)25(21,22)23;1-11(2,17)8-4-3-7(8)10(16)21-6-5-9(13)12(14,15)22(18,19)20;12-9(11(13,14)20(16,17)18)6-7-19-10(15)8-4-2-1-3-5-8;11-8(10(12,13)19(15,16)17)5-6-18-9(14)7-3-1-2-4-7;5*1-4(2,3)5/h7-10,19-20H,5-6H2,1-4H3,(H,21,22,23);7-9,17H,3-6H2,1-2H3,(H,18,19,20);8-9H,1-7H2,(H,16,17,18);7-8H,1-6H2,(H,15,16,17);5*5H,1-3H3/p-4. The van der Waals surface area contributed by atoms with Crippen molar-refractivity contribution in [2.24, 2.45) is 41.4 Å². The van der Waals surface area contributed by atoms with Gasteiger partial charge < -0.3 is 78.0 Å². The highest BCUT2D eigenvalue weighted by atomic mass is 32.2.